The summed E-state index contributed by atoms with van der Waals surface area (Å²) in [6.45, 7) is 0.202. The third-order valence-electron chi connectivity index (χ3n) is 4.48. The molecule has 140 valence electrons. The van der Waals surface area contributed by atoms with Gasteiger partial charge in [0, 0.05) is 12.1 Å². The van der Waals surface area contributed by atoms with Gasteiger partial charge in [0.25, 0.3) is 5.91 Å². The van der Waals surface area contributed by atoms with Gasteiger partial charge in [-0.05, 0) is 37.1 Å². The predicted molar refractivity (Wildman–Crippen MR) is 103 cm³/mol. The maximum Gasteiger partial charge on any atom is 0.262 e. The highest BCUT2D eigenvalue weighted by atomic mass is 35.5. The molecule has 1 saturated carbocycles. The first-order valence-electron chi connectivity index (χ1n) is 9.04. The van der Waals surface area contributed by atoms with Crippen LogP contribution in [0.25, 0.3) is 6.08 Å². The Labute approximate surface area is 163 Å². The standard InChI is InChI=1S/C21H21ClN2O3/c22-19-8-4-5-9-20(19)26-14-18-11-10-17(27-18)12-15(13-23)21(25)24-16-6-2-1-3-7-16/h4-5,8-12,16H,1-3,6-7,14H2,(H,24,25)/b15-12+. The Morgan fingerprint density at radius 1 is 1.26 bits per heavy atom. The zero-order chi connectivity index (χ0) is 19.1. The number of nitrogens with one attached hydrogen (secondary N) is 1. The number of furan rings is 1. The van der Waals surface area contributed by atoms with E-state index in [0.717, 1.165) is 25.7 Å². The summed E-state index contributed by atoms with van der Waals surface area (Å²) in [6, 6.07) is 12.7. The van der Waals surface area contributed by atoms with Crippen molar-refractivity contribution in [3.63, 3.8) is 0 Å². The highest BCUT2D eigenvalue weighted by molar-refractivity contribution is 6.32. The number of hydrogen-bond donors (Lipinski definition) is 1. The lowest BCUT2D eigenvalue weighted by Gasteiger charge is -2.22. The van der Waals surface area contributed by atoms with Crippen LogP contribution in [-0.2, 0) is 11.4 Å². The van der Waals surface area contributed by atoms with Crippen LogP contribution in [-0.4, -0.2) is 11.9 Å². The first kappa shape index (κ1) is 19.1. The van der Waals surface area contributed by atoms with E-state index in [0.29, 0.717) is 22.3 Å². The van der Waals surface area contributed by atoms with Crippen LogP contribution in [0.4, 0.5) is 0 Å². The number of carbonyl (C=O) groups is 1. The van der Waals surface area contributed by atoms with Gasteiger partial charge >= 0.3 is 0 Å². The smallest absolute Gasteiger partial charge is 0.262 e. The number of nitriles is 1. The molecule has 0 unspecified atom stereocenters. The van der Waals surface area contributed by atoms with Crippen molar-refractivity contribution in [1.29, 1.82) is 5.26 Å². The Hall–Kier alpha value is -2.71. The SMILES string of the molecule is N#C/C(=C\c1ccc(COc2ccccc2Cl)o1)C(=O)NC1CCCCC1. The van der Waals surface area contributed by atoms with Gasteiger partial charge in [-0.3, -0.25) is 4.79 Å². The van der Waals surface area contributed by atoms with Crippen LogP contribution in [0.5, 0.6) is 5.75 Å². The Balaban J connectivity index is 1.61. The van der Waals surface area contributed by atoms with E-state index in [4.69, 9.17) is 20.8 Å². The molecule has 0 aliphatic heterocycles. The molecule has 0 radical (unpaired) electrons. The number of hydrogen-bond acceptors (Lipinski definition) is 4. The molecular formula is C21H21ClN2O3. The summed E-state index contributed by atoms with van der Waals surface area (Å²) in [6.07, 6.45) is 6.83. The van der Waals surface area contributed by atoms with Gasteiger partial charge in [-0.15, -0.1) is 0 Å². The fourth-order valence-corrected chi connectivity index (χ4v) is 3.25. The van der Waals surface area contributed by atoms with Gasteiger partial charge in [-0.25, -0.2) is 0 Å². The van der Waals surface area contributed by atoms with Crippen molar-refractivity contribution < 1.29 is 13.9 Å². The molecule has 5 nitrogen and oxygen atoms in total. The average molecular weight is 385 g/mol. The molecule has 0 spiro atoms. The molecule has 27 heavy (non-hydrogen) atoms. The zero-order valence-electron chi connectivity index (χ0n) is 14.9. The van der Waals surface area contributed by atoms with Crippen LogP contribution in [0, 0.1) is 11.3 Å². The van der Waals surface area contributed by atoms with Gasteiger partial charge in [0.05, 0.1) is 5.02 Å². The maximum absolute atomic E-state index is 12.3. The summed E-state index contributed by atoms with van der Waals surface area (Å²) in [5.74, 6) is 1.22. The molecule has 2 aromatic rings. The topological polar surface area (TPSA) is 75.3 Å². The third-order valence-corrected chi connectivity index (χ3v) is 4.79. The molecule has 6 heteroatoms. The van der Waals surface area contributed by atoms with Crippen LogP contribution < -0.4 is 10.1 Å². The molecule has 1 N–H and O–H groups in total. The minimum absolute atomic E-state index is 0.0356. The molecule has 1 aliphatic rings. The van der Waals surface area contributed by atoms with E-state index >= 15 is 0 Å². The van der Waals surface area contributed by atoms with Crippen molar-refractivity contribution in [3.8, 4) is 11.8 Å². The number of halogens is 1. The van der Waals surface area contributed by atoms with Gasteiger partial charge in [0.2, 0.25) is 0 Å². The van der Waals surface area contributed by atoms with Gasteiger partial charge in [-0.2, -0.15) is 5.26 Å². The molecule has 1 amide bonds. The van der Waals surface area contributed by atoms with E-state index in [1.54, 1.807) is 24.3 Å². The largest absolute Gasteiger partial charge is 0.484 e. The molecule has 3 rings (SSSR count). The van der Waals surface area contributed by atoms with Crippen LogP contribution >= 0.6 is 11.6 Å². The second-order valence-corrected chi connectivity index (χ2v) is 6.91. The quantitative estimate of drug-likeness (QED) is 0.569. The fraction of sp³-hybridized carbons (Fsp3) is 0.333. The lowest BCUT2D eigenvalue weighted by atomic mass is 9.95. The van der Waals surface area contributed by atoms with E-state index in [9.17, 15) is 10.1 Å². The van der Waals surface area contributed by atoms with E-state index in [2.05, 4.69) is 5.32 Å². The summed E-state index contributed by atoms with van der Waals surface area (Å²) in [7, 11) is 0. The Morgan fingerprint density at radius 2 is 2.04 bits per heavy atom. The van der Waals surface area contributed by atoms with Gasteiger partial charge in [0.15, 0.2) is 0 Å². The minimum Gasteiger partial charge on any atom is -0.484 e. The lowest BCUT2D eigenvalue weighted by molar-refractivity contribution is -0.117. The first-order chi connectivity index (χ1) is 13.2. The van der Waals surface area contributed by atoms with Crippen LogP contribution in [0.15, 0.2) is 46.4 Å². The number of para-hydroxylation sites is 1. The molecule has 1 aromatic heterocycles. The highest BCUT2D eigenvalue weighted by Crippen LogP contribution is 2.24. The molecule has 0 saturated heterocycles. The Kier molecular flexibility index (Phi) is 6.56. The molecule has 1 heterocycles. The van der Waals surface area contributed by atoms with Crippen molar-refractivity contribution in [2.75, 3.05) is 0 Å². The number of rotatable bonds is 6. The molecule has 0 atom stereocenters. The Bertz CT molecular complexity index is 860. The summed E-state index contributed by atoms with van der Waals surface area (Å²) in [4.78, 5) is 12.3. The Morgan fingerprint density at radius 3 is 2.78 bits per heavy atom. The number of nitrogens with zero attached hydrogens (tertiary/aromatic N) is 1. The fourth-order valence-electron chi connectivity index (χ4n) is 3.06. The van der Waals surface area contributed by atoms with Gasteiger partial charge < -0.3 is 14.5 Å². The number of carbonyl (C=O) groups excluding carboxylic acids is 1. The van der Waals surface area contributed by atoms with E-state index < -0.39 is 0 Å². The predicted octanol–water partition coefficient (Wildman–Crippen LogP) is 4.87. The number of benzene rings is 1. The molecule has 0 bridgehead atoms. The highest BCUT2D eigenvalue weighted by Gasteiger charge is 2.18. The van der Waals surface area contributed by atoms with E-state index in [-0.39, 0.29) is 24.1 Å². The van der Waals surface area contributed by atoms with Crippen molar-refractivity contribution in [2.24, 2.45) is 0 Å². The van der Waals surface area contributed by atoms with Crippen LogP contribution in [0.3, 0.4) is 0 Å². The number of ether oxygens (including phenoxy) is 1. The van der Waals surface area contributed by atoms with E-state index in [1.165, 1.54) is 12.5 Å². The lowest BCUT2D eigenvalue weighted by Crippen LogP contribution is -2.36. The maximum atomic E-state index is 12.3. The van der Waals surface area contributed by atoms with Crippen molar-refractivity contribution in [2.45, 2.75) is 44.8 Å². The summed E-state index contributed by atoms with van der Waals surface area (Å²) in [5.41, 5.74) is 0.0356. The van der Waals surface area contributed by atoms with Crippen LogP contribution in [0.1, 0.15) is 43.6 Å². The monoisotopic (exact) mass is 384 g/mol. The molecular weight excluding hydrogens is 364 g/mol. The second-order valence-electron chi connectivity index (χ2n) is 6.50. The minimum atomic E-state index is -0.352. The van der Waals surface area contributed by atoms with Crippen LogP contribution in [0.2, 0.25) is 5.02 Å². The third kappa shape index (κ3) is 5.38. The summed E-state index contributed by atoms with van der Waals surface area (Å²) >= 11 is 6.05. The normalized spacial score (nSPS) is 15.2. The average Bonchev–Trinajstić information content (AvgIpc) is 3.13. The number of amides is 1. The first-order valence-corrected chi connectivity index (χ1v) is 9.42. The summed E-state index contributed by atoms with van der Waals surface area (Å²) in [5, 5.41) is 12.8. The van der Waals surface area contributed by atoms with Gasteiger partial charge in [-0.1, -0.05) is 43.0 Å². The van der Waals surface area contributed by atoms with Crippen molar-refractivity contribution in [3.05, 3.63) is 58.5 Å². The summed E-state index contributed by atoms with van der Waals surface area (Å²) < 4.78 is 11.3. The van der Waals surface area contributed by atoms with Crippen molar-refractivity contribution >= 4 is 23.6 Å². The zero-order valence-corrected chi connectivity index (χ0v) is 15.7. The molecule has 1 aliphatic carbocycles. The van der Waals surface area contributed by atoms with E-state index in [1.807, 2.05) is 18.2 Å². The second kappa shape index (κ2) is 9.29. The molecule has 1 aromatic carbocycles. The van der Waals surface area contributed by atoms with Crippen molar-refractivity contribution in [1.82, 2.24) is 5.32 Å². The van der Waals surface area contributed by atoms with Gasteiger partial charge in [0.1, 0.15) is 35.5 Å². The molecule has 1 fully saturated rings.